The molecule has 0 fully saturated rings. The molecule has 0 bridgehead atoms. The van der Waals surface area contributed by atoms with Crippen molar-refractivity contribution in [1.82, 2.24) is 4.72 Å². The highest BCUT2D eigenvalue weighted by Crippen LogP contribution is 2.35. The average Bonchev–Trinajstić information content (AvgIpc) is 2.96. The fourth-order valence-corrected chi connectivity index (χ4v) is 4.57. The van der Waals surface area contributed by atoms with E-state index in [-0.39, 0.29) is 10.8 Å². The second kappa shape index (κ2) is 8.92. The summed E-state index contributed by atoms with van der Waals surface area (Å²) in [4.78, 5) is 0.107. The van der Waals surface area contributed by atoms with Gasteiger partial charge in [0.25, 0.3) is 0 Å². The van der Waals surface area contributed by atoms with Gasteiger partial charge in [-0.05, 0) is 35.7 Å². The number of methoxy groups -OCH3 is 2. The zero-order valence-electron chi connectivity index (χ0n) is 17.1. The predicted octanol–water partition coefficient (Wildman–Crippen LogP) is 3.54. The van der Waals surface area contributed by atoms with Gasteiger partial charge in [-0.3, -0.25) is 0 Å². The second-order valence-electron chi connectivity index (χ2n) is 7.12. The van der Waals surface area contributed by atoms with E-state index < -0.39 is 16.1 Å². The van der Waals surface area contributed by atoms with Gasteiger partial charge in [-0.15, -0.1) is 0 Å². The van der Waals surface area contributed by atoms with E-state index in [1.165, 1.54) is 26.4 Å². The van der Waals surface area contributed by atoms with E-state index in [1.807, 2.05) is 32.0 Å². The van der Waals surface area contributed by atoms with Crippen LogP contribution in [0.25, 0.3) is 0 Å². The maximum absolute atomic E-state index is 13.1. The van der Waals surface area contributed by atoms with Crippen LogP contribution in [0.4, 0.5) is 0 Å². The van der Waals surface area contributed by atoms with Gasteiger partial charge < -0.3 is 18.9 Å². The summed E-state index contributed by atoms with van der Waals surface area (Å²) in [6, 6.07) is 9.63. The van der Waals surface area contributed by atoms with Gasteiger partial charge in [0, 0.05) is 18.5 Å². The summed E-state index contributed by atoms with van der Waals surface area (Å²) in [5, 5.41) is 0. The monoisotopic (exact) mass is 421 g/mol. The number of benzene rings is 2. The minimum atomic E-state index is -3.80. The SMILES string of the molecule is COc1ccc(S(=O)(=O)NC(c2ccc3c(c2)OCCCO3)C(C)C)cc1OC. The second-order valence-corrected chi connectivity index (χ2v) is 8.83. The third kappa shape index (κ3) is 4.76. The highest BCUT2D eigenvalue weighted by Gasteiger charge is 2.26. The molecule has 3 rings (SSSR count). The molecule has 2 aromatic rings. The van der Waals surface area contributed by atoms with Crippen molar-refractivity contribution in [3.63, 3.8) is 0 Å². The number of sulfonamides is 1. The third-order valence-corrected chi connectivity index (χ3v) is 6.18. The van der Waals surface area contributed by atoms with E-state index >= 15 is 0 Å². The molecule has 1 unspecified atom stereocenters. The Kier molecular flexibility index (Phi) is 6.54. The molecular formula is C21H27NO6S. The Balaban J connectivity index is 1.92. The Morgan fingerprint density at radius 2 is 1.62 bits per heavy atom. The van der Waals surface area contributed by atoms with Crippen LogP contribution in [-0.2, 0) is 10.0 Å². The van der Waals surface area contributed by atoms with Gasteiger partial charge in [0.15, 0.2) is 23.0 Å². The Bertz CT molecular complexity index is 958. The average molecular weight is 422 g/mol. The van der Waals surface area contributed by atoms with Crippen LogP contribution < -0.4 is 23.7 Å². The first-order chi connectivity index (χ1) is 13.9. The van der Waals surface area contributed by atoms with Gasteiger partial charge in [-0.2, -0.15) is 0 Å². The molecule has 0 spiro atoms. The fourth-order valence-electron chi connectivity index (χ4n) is 3.18. The van der Waals surface area contributed by atoms with E-state index in [0.717, 1.165) is 12.0 Å². The first-order valence-corrected chi connectivity index (χ1v) is 11.0. The van der Waals surface area contributed by atoms with E-state index in [1.54, 1.807) is 6.07 Å². The normalized spacial score (nSPS) is 14.9. The molecule has 1 aliphatic heterocycles. The molecule has 1 atom stereocenters. The summed E-state index contributed by atoms with van der Waals surface area (Å²) >= 11 is 0. The number of rotatable bonds is 7. The van der Waals surface area contributed by atoms with Crippen LogP contribution in [0.5, 0.6) is 23.0 Å². The Hall–Kier alpha value is -2.45. The summed E-state index contributed by atoms with van der Waals surface area (Å²) in [5.74, 6) is 2.14. The molecular weight excluding hydrogens is 394 g/mol. The van der Waals surface area contributed by atoms with Gasteiger partial charge >= 0.3 is 0 Å². The molecule has 7 nitrogen and oxygen atoms in total. The minimum absolute atomic E-state index is 0.00895. The highest BCUT2D eigenvalue weighted by molar-refractivity contribution is 7.89. The largest absolute Gasteiger partial charge is 0.493 e. The van der Waals surface area contributed by atoms with Crippen molar-refractivity contribution in [2.24, 2.45) is 5.92 Å². The summed E-state index contributed by atoms with van der Waals surface area (Å²) < 4.78 is 50.8. The van der Waals surface area contributed by atoms with Crippen LogP contribution in [0.3, 0.4) is 0 Å². The lowest BCUT2D eigenvalue weighted by molar-refractivity contribution is 0.297. The zero-order valence-corrected chi connectivity index (χ0v) is 17.9. The van der Waals surface area contributed by atoms with Gasteiger partial charge in [-0.1, -0.05) is 19.9 Å². The van der Waals surface area contributed by atoms with Crippen molar-refractivity contribution in [2.75, 3.05) is 27.4 Å². The standard InChI is InChI=1S/C21H27NO6S/c1-14(2)21(15-6-8-18-20(12-15)28-11-5-10-27-18)22-29(23,24)16-7-9-17(25-3)19(13-16)26-4/h6-9,12-14,21-22H,5,10-11H2,1-4H3. The summed E-state index contributed by atoms with van der Waals surface area (Å²) in [6.45, 7) is 5.10. The molecule has 0 aromatic heterocycles. The number of nitrogens with one attached hydrogen (secondary N) is 1. The van der Waals surface area contributed by atoms with Gasteiger partial charge in [0.2, 0.25) is 10.0 Å². The number of fused-ring (bicyclic) bond motifs is 1. The highest BCUT2D eigenvalue weighted by atomic mass is 32.2. The van der Waals surface area contributed by atoms with Crippen molar-refractivity contribution in [1.29, 1.82) is 0 Å². The molecule has 2 aromatic carbocycles. The number of ether oxygens (including phenoxy) is 4. The van der Waals surface area contributed by atoms with Crippen molar-refractivity contribution in [2.45, 2.75) is 31.2 Å². The van der Waals surface area contributed by atoms with E-state index in [9.17, 15) is 8.42 Å². The lowest BCUT2D eigenvalue weighted by Crippen LogP contribution is -2.31. The van der Waals surface area contributed by atoms with Crippen LogP contribution >= 0.6 is 0 Å². The van der Waals surface area contributed by atoms with Crippen LogP contribution in [0, 0.1) is 5.92 Å². The maximum atomic E-state index is 13.1. The van der Waals surface area contributed by atoms with Crippen molar-refractivity contribution < 1.29 is 27.4 Å². The molecule has 0 aliphatic carbocycles. The van der Waals surface area contributed by atoms with Crippen molar-refractivity contribution >= 4 is 10.0 Å². The molecule has 29 heavy (non-hydrogen) atoms. The predicted molar refractivity (Wildman–Crippen MR) is 109 cm³/mol. The summed E-state index contributed by atoms with van der Waals surface area (Å²) in [7, 11) is -0.825. The van der Waals surface area contributed by atoms with E-state index in [0.29, 0.717) is 36.2 Å². The van der Waals surface area contributed by atoms with Crippen LogP contribution in [-0.4, -0.2) is 35.9 Å². The van der Waals surface area contributed by atoms with Gasteiger partial charge in [0.1, 0.15) is 0 Å². The number of hydrogen-bond acceptors (Lipinski definition) is 6. The lowest BCUT2D eigenvalue weighted by Gasteiger charge is -2.24. The van der Waals surface area contributed by atoms with Crippen molar-refractivity contribution in [3.8, 4) is 23.0 Å². The topological polar surface area (TPSA) is 83.1 Å². The smallest absolute Gasteiger partial charge is 0.241 e. The lowest BCUT2D eigenvalue weighted by atomic mass is 9.97. The van der Waals surface area contributed by atoms with Crippen LogP contribution in [0.15, 0.2) is 41.3 Å². The first kappa shape index (κ1) is 21.3. The van der Waals surface area contributed by atoms with E-state index in [2.05, 4.69) is 4.72 Å². The molecule has 1 heterocycles. The molecule has 8 heteroatoms. The molecule has 0 saturated heterocycles. The Morgan fingerprint density at radius 1 is 0.931 bits per heavy atom. The van der Waals surface area contributed by atoms with Crippen molar-refractivity contribution in [3.05, 3.63) is 42.0 Å². The fraction of sp³-hybridized carbons (Fsp3) is 0.429. The molecule has 1 N–H and O–H groups in total. The number of hydrogen-bond donors (Lipinski definition) is 1. The summed E-state index contributed by atoms with van der Waals surface area (Å²) in [5.41, 5.74) is 0.813. The molecule has 158 valence electrons. The van der Waals surface area contributed by atoms with E-state index in [4.69, 9.17) is 18.9 Å². The Morgan fingerprint density at radius 3 is 2.28 bits per heavy atom. The molecule has 0 saturated carbocycles. The maximum Gasteiger partial charge on any atom is 0.241 e. The molecule has 0 amide bonds. The van der Waals surface area contributed by atoms with Crippen LogP contribution in [0.2, 0.25) is 0 Å². The first-order valence-electron chi connectivity index (χ1n) is 9.49. The third-order valence-electron chi connectivity index (χ3n) is 4.74. The van der Waals surface area contributed by atoms with Gasteiger partial charge in [-0.25, -0.2) is 13.1 Å². The molecule has 0 radical (unpaired) electrons. The van der Waals surface area contributed by atoms with Gasteiger partial charge in [0.05, 0.1) is 32.3 Å². The Labute approximate surface area is 172 Å². The van der Waals surface area contributed by atoms with Crippen LogP contribution in [0.1, 0.15) is 31.9 Å². The zero-order chi connectivity index (χ0) is 21.0. The quantitative estimate of drug-likeness (QED) is 0.736. The minimum Gasteiger partial charge on any atom is -0.493 e. The molecule has 1 aliphatic rings. The summed E-state index contributed by atoms with van der Waals surface area (Å²) in [6.07, 6.45) is 0.809.